The molecule has 0 saturated carbocycles. The molecule has 1 atom stereocenters. The van der Waals surface area contributed by atoms with Crippen molar-refractivity contribution in [2.75, 3.05) is 23.3 Å². The molecule has 0 amide bonds. The highest BCUT2D eigenvalue weighted by Crippen LogP contribution is 2.31. The first-order valence-electron chi connectivity index (χ1n) is 7.52. The molecule has 0 bridgehead atoms. The lowest BCUT2D eigenvalue weighted by Gasteiger charge is -2.19. The topological polar surface area (TPSA) is 97.7 Å². The van der Waals surface area contributed by atoms with Crippen LogP contribution in [0.3, 0.4) is 0 Å². The predicted molar refractivity (Wildman–Crippen MR) is 88.1 cm³/mol. The third kappa shape index (κ3) is 3.72. The molecule has 1 aliphatic rings. The minimum atomic E-state index is -4.57. The normalized spacial score (nSPS) is 17.2. The van der Waals surface area contributed by atoms with Crippen LogP contribution in [-0.2, 0) is 6.18 Å². The standard InChI is InChI=1S/C15H12ClF3N6O/c16-13-11(6-21-24-14(13)26)25-2-1-9(7-25)22-12-4-8(15(17,18)19)3-10(5-20)23-12/h3-4,6,9H,1-2,7H2,(H,22,23)(H,24,26). The van der Waals surface area contributed by atoms with E-state index in [4.69, 9.17) is 16.9 Å². The Morgan fingerprint density at radius 2 is 2.19 bits per heavy atom. The van der Waals surface area contributed by atoms with Crippen molar-refractivity contribution < 1.29 is 13.2 Å². The summed E-state index contributed by atoms with van der Waals surface area (Å²) in [5.74, 6) is -0.0293. The van der Waals surface area contributed by atoms with Gasteiger partial charge in [-0.2, -0.15) is 23.5 Å². The highest BCUT2D eigenvalue weighted by Gasteiger charge is 2.32. The highest BCUT2D eigenvalue weighted by molar-refractivity contribution is 6.33. The lowest BCUT2D eigenvalue weighted by atomic mass is 10.2. The lowest BCUT2D eigenvalue weighted by molar-refractivity contribution is -0.137. The zero-order valence-electron chi connectivity index (χ0n) is 13.1. The van der Waals surface area contributed by atoms with Crippen LogP contribution in [0.2, 0.25) is 5.02 Å². The highest BCUT2D eigenvalue weighted by atomic mass is 35.5. The number of alkyl halides is 3. The molecule has 0 spiro atoms. The maximum Gasteiger partial charge on any atom is 0.416 e. The molecule has 1 unspecified atom stereocenters. The Morgan fingerprint density at radius 3 is 2.88 bits per heavy atom. The fraction of sp³-hybridized carbons (Fsp3) is 0.333. The second-order valence-electron chi connectivity index (χ2n) is 5.71. The molecular formula is C15H12ClF3N6O. The monoisotopic (exact) mass is 384 g/mol. The van der Waals surface area contributed by atoms with Gasteiger partial charge in [-0.25, -0.2) is 10.1 Å². The lowest BCUT2D eigenvalue weighted by Crippen LogP contribution is -2.28. The summed E-state index contributed by atoms with van der Waals surface area (Å²) >= 11 is 5.97. The van der Waals surface area contributed by atoms with E-state index < -0.39 is 17.3 Å². The molecule has 11 heteroatoms. The number of pyridine rings is 1. The van der Waals surface area contributed by atoms with E-state index in [0.717, 1.165) is 6.07 Å². The van der Waals surface area contributed by atoms with Gasteiger partial charge in [-0.05, 0) is 18.6 Å². The number of nitriles is 1. The number of hydrogen-bond acceptors (Lipinski definition) is 6. The average molecular weight is 385 g/mol. The summed E-state index contributed by atoms with van der Waals surface area (Å²) in [6.45, 7) is 0.928. The van der Waals surface area contributed by atoms with Crippen molar-refractivity contribution in [3.8, 4) is 6.07 Å². The number of H-pyrrole nitrogens is 1. The van der Waals surface area contributed by atoms with E-state index in [1.165, 1.54) is 6.20 Å². The molecule has 26 heavy (non-hydrogen) atoms. The molecule has 3 heterocycles. The zero-order chi connectivity index (χ0) is 18.9. The third-order valence-corrected chi connectivity index (χ3v) is 4.29. The summed E-state index contributed by atoms with van der Waals surface area (Å²) in [6, 6.07) is 2.97. The van der Waals surface area contributed by atoms with Crippen molar-refractivity contribution in [1.29, 1.82) is 5.26 Å². The molecule has 2 aromatic rings. The number of nitrogens with one attached hydrogen (secondary N) is 2. The van der Waals surface area contributed by atoms with Gasteiger partial charge >= 0.3 is 6.18 Å². The van der Waals surface area contributed by atoms with Gasteiger partial charge in [0, 0.05) is 19.1 Å². The summed E-state index contributed by atoms with van der Waals surface area (Å²) in [7, 11) is 0. The van der Waals surface area contributed by atoms with E-state index in [2.05, 4.69) is 20.5 Å². The quantitative estimate of drug-likeness (QED) is 0.843. The summed E-state index contributed by atoms with van der Waals surface area (Å²) in [4.78, 5) is 17.2. The van der Waals surface area contributed by atoms with Crippen molar-refractivity contribution in [3.63, 3.8) is 0 Å². The summed E-state index contributed by atoms with van der Waals surface area (Å²) in [6.07, 6.45) is -2.57. The Hall–Kier alpha value is -2.80. The number of rotatable bonds is 3. The van der Waals surface area contributed by atoms with E-state index in [0.29, 0.717) is 31.3 Å². The van der Waals surface area contributed by atoms with Crippen LogP contribution in [-0.4, -0.2) is 34.3 Å². The molecular weight excluding hydrogens is 373 g/mol. The molecule has 1 fully saturated rings. The number of anilines is 2. The number of halogens is 4. The second kappa shape index (κ2) is 6.84. The first-order chi connectivity index (χ1) is 12.3. The second-order valence-corrected chi connectivity index (χ2v) is 6.09. The zero-order valence-corrected chi connectivity index (χ0v) is 13.9. The Kier molecular flexibility index (Phi) is 4.73. The van der Waals surface area contributed by atoms with E-state index in [1.54, 1.807) is 11.0 Å². The van der Waals surface area contributed by atoms with Gasteiger partial charge in [0.15, 0.2) is 0 Å². The molecule has 1 saturated heterocycles. The maximum absolute atomic E-state index is 12.9. The van der Waals surface area contributed by atoms with Crippen molar-refractivity contribution in [1.82, 2.24) is 15.2 Å². The average Bonchev–Trinajstić information content (AvgIpc) is 3.04. The summed E-state index contributed by atoms with van der Waals surface area (Å²) in [5.41, 5.74) is -1.32. The molecule has 0 radical (unpaired) electrons. The Bertz CT molecular complexity index is 923. The first-order valence-corrected chi connectivity index (χ1v) is 7.90. The summed E-state index contributed by atoms with van der Waals surface area (Å²) in [5, 5.41) is 17.7. The van der Waals surface area contributed by atoms with Crippen molar-refractivity contribution >= 4 is 23.1 Å². The van der Waals surface area contributed by atoms with E-state index in [1.807, 2.05) is 0 Å². The molecule has 1 aliphatic heterocycles. The number of hydrogen-bond donors (Lipinski definition) is 2. The summed E-state index contributed by atoms with van der Waals surface area (Å²) < 4.78 is 38.8. The van der Waals surface area contributed by atoms with Crippen LogP contribution < -0.4 is 15.8 Å². The van der Waals surface area contributed by atoms with Gasteiger partial charge < -0.3 is 10.2 Å². The molecule has 2 aromatic heterocycles. The minimum Gasteiger partial charge on any atom is -0.367 e. The van der Waals surface area contributed by atoms with Crippen LogP contribution in [0.1, 0.15) is 17.7 Å². The molecule has 3 rings (SSSR count). The molecule has 0 aliphatic carbocycles. The Balaban J connectivity index is 1.78. The van der Waals surface area contributed by atoms with Crippen LogP contribution in [0.5, 0.6) is 0 Å². The predicted octanol–water partition coefficient (Wildman–Crippen LogP) is 2.40. The van der Waals surface area contributed by atoms with Crippen molar-refractivity contribution in [2.45, 2.75) is 18.6 Å². The van der Waals surface area contributed by atoms with Crippen LogP contribution in [0.25, 0.3) is 0 Å². The van der Waals surface area contributed by atoms with Crippen LogP contribution in [0.15, 0.2) is 23.1 Å². The fourth-order valence-electron chi connectivity index (χ4n) is 2.73. The van der Waals surface area contributed by atoms with Gasteiger partial charge in [0.05, 0.1) is 17.4 Å². The largest absolute Gasteiger partial charge is 0.416 e. The van der Waals surface area contributed by atoms with Gasteiger partial charge in [-0.15, -0.1) is 0 Å². The molecule has 136 valence electrons. The first kappa shape index (κ1) is 18.0. The minimum absolute atomic E-state index is 0.00427. The van der Waals surface area contributed by atoms with Crippen LogP contribution in [0.4, 0.5) is 24.7 Å². The van der Waals surface area contributed by atoms with E-state index >= 15 is 0 Å². The maximum atomic E-state index is 12.9. The van der Waals surface area contributed by atoms with Gasteiger partial charge in [0.1, 0.15) is 22.6 Å². The van der Waals surface area contributed by atoms with Crippen molar-refractivity contribution in [2.24, 2.45) is 0 Å². The number of aromatic amines is 1. The van der Waals surface area contributed by atoms with Gasteiger partial charge in [-0.1, -0.05) is 11.6 Å². The van der Waals surface area contributed by atoms with Crippen LogP contribution in [0, 0.1) is 11.3 Å². The fourth-order valence-corrected chi connectivity index (χ4v) is 2.94. The van der Waals surface area contributed by atoms with E-state index in [9.17, 15) is 18.0 Å². The third-order valence-electron chi connectivity index (χ3n) is 3.93. The SMILES string of the molecule is N#Cc1cc(C(F)(F)F)cc(NC2CCN(c3cn[nH]c(=O)c3Cl)C2)n1. The van der Waals surface area contributed by atoms with Gasteiger partial charge in [-0.3, -0.25) is 4.79 Å². The number of aromatic nitrogens is 3. The van der Waals surface area contributed by atoms with Crippen LogP contribution >= 0.6 is 11.6 Å². The Labute approximate surface area is 150 Å². The molecule has 2 N–H and O–H groups in total. The molecule has 7 nitrogen and oxygen atoms in total. The van der Waals surface area contributed by atoms with Gasteiger partial charge in [0.25, 0.3) is 5.56 Å². The van der Waals surface area contributed by atoms with E-state index in [-0.39, 0.29) is 22.6 Å². The smallest absolute Gasteiger partial charge is 0.367 e. The number of nitrogens with zero attached hydrogens (tertiary/aromatic N) is 4. The Morgan fingerprint density at radius 1 is 1.42 bits per heavy atom. The molecule has 0 aromatic carbocycles. The van der Waals surface area contributed by atoms with Crippen molar-refractivity contribution in [3.05, 3.63) is 45.0 Å². The van der Waals surface area contributed by atoms with Gasteiger partial charge in [0.2, 0.25) is 0 Å².